The van der Waals surface area contributed by atoms with Gasteiger partial charge in [-0.1, -0.05) is 23.8 Å². The Hall–Kier alpha value is -3.71. The maximum Gasteiger partial charge on any atom is 1.00 e. The van der Waals surface area contributed by atoms with Gasteiger partial charge in [0.15, 0.2) is 0 Å². The van der Waals surface area contributed by atoms with Crippen LogP contribution >= 0.6 is 0 Å². The van der Waals surface area contributed by atoms with Crippen LogP contribution in [0.5, 0.6) is 5.75 Å². The summed E-state index contributed by atoms with van der Waals surface area (Å²) >= 11 is 0. The molecule has 1 aliphatic rings. The van der Waals surface area contributed by atoms with Gasteiger partial charge in [-0.15, -0.1) is 6.54 Å². The van der Waals surface area contributed by atoms with E-state index in [1.54, 1.807) is 43.2 Å². The van der Waals surface area contributed by atoms with Crippen LogP contribution in [0, 0.1) is 6.92 Å². The molecule has 1 unspecified atom stereocenters. The minimum Gasteiger partial charge on any atom is -0.644 e. The number of aliphatic carboxylic acids is 1. The molecular formula is C27H27LiN4O6. The van der Waals surface area contributed by atoms with Gasteiger partial charge in [0, 0.05) is 12.6 Å². The Labute approximate surface area is 232 Å². The summed E-state index contributed by atoms with van der Waals surface area (Å²) in [4.78, 5) is 46.0. The number of amides is 1. The Bertz CT molecular complexity index is 1350. The fourth-order valence-electron chi connectivity index (χ4n) is 4.74. The number of hydrogen-bond donors (Lipinski definition) is 2. The van der Waals surface area contributed by atoms with E-state index in [9.17, 15) is 24.6 Å². The molecule has 1 atom stereocenters. The molecule has 10 nitrogen and oxygen atoms in total. The van der Waals surface area contributed by atoms with Crippen molar-refractivity contribution >= 4 is 17.8 Å². The molecule has 1 aromatic heterocycles. The number of ether oxygens (including phenoxy) is 1. The smallest absolute Gasteiger partial charge is 0.644 e. The van der Waals surface area contributed by atoms with Gasteiger partial charge in [-0.2, -0.15) is 0 Å². The first-order valence-corrected chi connectivity index (χ1v) is 11.7. The van der Waals surface area contributed by atoms with E-state index >= 15 is 0 Å². The van der Waals surface area contributed by atoms with E-state index in [4.69, 9.17) is 4.74 Å². The summed E-state index contributed by atoms with van der Waals surface area (Å²) in [6.45, 7) is 1.88. The molecule has 2 N–H and O–H groups in total. The maximum absolute atomic E-state index is 12.7. The van der Waals surface area contributed by atoms with Crippen molar-refractivity contribution in [1.29, 1.82) is 0 Å². The summed E-state index contributed by atoms with van der Waals surface area (Å²) in [5.74, 6) is -1.81. The van der Waals surface area contributed by atoms with E-state index in [2.05, 4.69) is 15.3 Å². The zero-order valence-corrected chi connectivity index (χ0v) is 21.5. The summed E-state index contributed by atoms with van der Waals surface area (Å²) in [7, 11) is 1.57. The summed E-state index contributed by atoms with van der Waals surface area (Å²) in [5.41, 5.74) is 4.24. The van der Waals surface area contributed by atoms with Gasteiger partial charge >= 0.3 is 30.8 Å². The van der Waals surface area contributed by atoms with Crippen molar-refractivity contribution in [3.63, 3.8) is 0 Å². The van der Waals surface area contributed by atoms with Crippen LogP contribution in [0.1, 0.15) is 61.3 Å². The summed E-state index contributed by atoms with van der Waals surface area (Å²) in [6, 6.07) is 11.9. The number of methoxy groups -OCH3 is 1. The molecule has 4 rings (SSSR count). The maximum atomic E-state index is 12.7. The topological polar surface area (TPSA) is 144 Å². The zero-order valence-electron chi connectivity index (χ0n) is 21.5. The van der Waals surface area contributed by atoms with E-state index < -0.39 is 17.8 Å². The number of hydrogen-bond acceptors (Lipinski definition) is 7. The third-order valence-corrected chi connectivity index (χ3v) is 6.52. The molecule has 0 saturated heterocycles. The van der Waals surface area contributed by atoms with Crippen molar-refractivity contribution in [2.24, 2.45) is 0 Å². The molecule has 3 aromatic rings. The Morgan fingerprint density at radius 1 is 1.13 bits per heavy atom. The summed E-state index contributed by atoms with van der Waals surface area (Å²) in [5, 5.41) is 23.1. The number of nitrogens with zero attached hydrogens (tertiary/aromatic N) is 4. The minimum atomic E-state index is -0.994. The number of benzene rings is 2. The van der Waals surface area contributed by atoms with Crippen molar-refractivity contribution < 1.29 is 48.2 Å². The largest absolute Gasteiger partial charge is 1.00 e. The number of carbonyl (C=O) groups is 3. The fraction of sp³-hybridized carbons (Fsp3) is 0.296. The summed E-state index contributed by atoms with van der Waals surface area (Å²) < 4.78 is 5.19. The molecule has 0 aliphatic heterocycles. The van der Waals surface area contributed by atoms with Gasteiger partial charge in [0.25, 0.3) is 0 Å². The molecule has 11 heteroatoms. The van der Waals surface area contributed by atoms with E-state index in [0.717, 1.165) is 16.7 Å². The van der Waals surface area contributed by atoms with E-state index in [1.165, 1.54) is 12.4 Å². The van der Waals surface area contributed by atoms with Gasteiger partial charge in [0.1, 0.15) is 18.0 Å². The number of carboxylic acid groups (broad SMARTS) is 2. The average Bonchev–Trinajstić information content (AvgIpc) is 3.32. The van der Waals surface area contributed by atoms with Gasteiger partial charge in [-0.05, 0) is 60.7 Å². The van der Waals surface area contributed by atoms with Crippen LogP contribution < -0.4 is 23.6 Å². The molecule has 1 heterocycles. The molecular weight excluding hydrogens is 483 g/mol. The van der Waals surface area contributed by atoms with Gasteiger partial charge in [0.2, 0.25) is 0 Å². The molecule has 38 heavy (non-hydrogen) atoms. The number of fused-ring (bicyclic) bond motifs is 1. The third kappa shape index (κ3) is 6.58. The van der Waals surface area contributed by atoms with E-state index in [0.29, 0.717) is 29.8 Å². The first-order valence-electron chi connectivity index (χ1n) is 11.7. The van der Waals surface area contributed by atoms with Crippen molar-refractivity contribution in [2.45, 2.75) is 38.9 Å². The van der Waals surface area contributed by atoms with E-state index in [-0.39, 0.29) is 55.8 Å². The van der Waals surface area contributed by atoms with Gasteiger partial charge in [-0.3, -0.25) is 9.69 Å². The van der Waals surface area contributed by atoms with Crippen LogP contribution in [0.3, 0.4) is 0 Å². The molecule has 0 spiro atoms. The predicted molar refractivity (Wildman–Crippen MR) is 134 cm³/mol. The Morgan fingerprint density at radius 3 is 2.63 bits per heavy atom. The van der Waals surface area contributed by atoms with Gasteiger partial charge < -0.3 is 25.1 Å². The Kier molecular flexibility index (Phi) is 9.64. The molecule has 1 aliphatic carbocycles. The Balaban J connectivity index is 0.00000400. The quantitative estimate of drug-likeness (QED) is 0.378. The van der Waals surface area contributed by atoms with Crippen LogP contribution in [-0.2, 0) is 24.3 Å². The van der Waals surface area contributed by atoms with Gasteiger partial charge in [-0.25, -0.2) is 14.8 Å². The molecule has 1 amide bonds. The number of rotatable bonds is 10. The SMILES string of the molecule is COc1cccc(C[N-]C(=O)c2cc(CN(CC(=O)O)C3CCc4c3ccc(C(=O)O)c4C)ncn2)c1.[Li+]. The van der Waals surface area contributed by atoms with Crippen molar-refractivity contribution in [2.75, 3.05) is 13.7 Å². The number of carbonyl (C=O) groups excluding carboxylic acids is 1. The molecule has 0 saturated carbocycles. The number of aromatic nitrogens is 2. The Morgan fingerprint density at radius 2 is 1.92 bits per heavy atom. The molecule has 192 valence electrons. The number of aromatic carboxylic acids is 1. The average molecular weight is 510 g/mol. The molecule has 2 aromatic carbocycles. The van der Waals surface area contributed by atoms with Gasteiger partial charge in [0.05, 0.1) is 30.6 Å². The molecule has 0 radical (unpaired) electrons. The first kappa shape index (κ1) is 28.9. The molecule has 0 fully saturated rings. The van der Waals surface area contributed by atoms with Crippen LogP contribution in [0.25, 0.3) is 5.32 Å². The zero-order chi connectivity index (χ0) is 26.5. The van der Waals surface area contributed by atoms with Crippen LogP contribution in [0.2, 0.25) is 0 Å². The van der Waals surface area contributed by atoms with Crippen molar-refractivity contribution in [3.8, 4) is 5.75 Å². The van der Waals surface area contributed by atoms with Crippen LogP contribution in [0.4, 0.5) is 0 Å². The second kappa shape index (κ2) is 12.7. The third-order valence-electron chi connectivity index (χ3n) is 6.52. The van der Waals surface area contributed by atoms with E-state index in [1.807, 2.05) is 12.1 Å². The van der Waals surface area contributed by atoms with Crippen molar-refractivity contribution in [3.05, 3.63) is 93.3 Å². The second-order valence-corrected chi connectivity index (χ2v) is 8.83. The van der Waals surface area contributed by atoms with Crippen molar-refractivity contribution in [1.82, 2.24) is 14.9 Å². The first-order chi connectivity index (χ1) is 17.8. The second-order valence-electron chi connectivity index (χ2n) is 8.83. The van der Waals surface area contributed by atoms with Crippen LogP contribution in [-0.4, -0.2) is 56.6 Å². The fourth-order valence-corrected chi connectivity index (χ4v) is 4.74. The van der Waals surface area contributed by atoms with Crippen LogP contribution in [0.15, 0.2) is 48.8 Å². The standard InChI is InChI=1S/C27H28N4O6.Li/c1-16-20-8-9-24(22(20)7-6-21(16)27(35)36)31(14-25(32)33)13-18-11-23(30-15-29-18)26(34)28-12-17-4-3-5-19(10-17)37-2;/h3-7,10-11,15,24H,8-9,12-14H2,1-2H3,(H3,28,32,33,34,35,36);/q;+1/p-1. The predicted octanol–water partition coefficient (Wildman–Crippen LogP) is 0.784. The normalized spacial score (nSPS) is 13.9. The molecule has 0 bridgehead atoms. The number of carboxylic acids is 2. The summed E-state index contributed by atoms with van der Waals surface area (Å²) in [6.07, 6.45) is 2.58. The minimum absolute atomic E-state index is 0. The monoisotopic (exact) mass is 510 g/mol.